The highest BCUT2D eigenvalue weighted by Crippen LogP contribution is 2.22. The lowest BCUT2D eigenvalue weighted by atomic mass is 9.85. The second kappa shape index (κ2) is 9.59. The molecule has 0 bridgehead atoms. The maximum atomic E-state index is 11.7. The molecule has 1 rings (SSSR count). The Morgan fingerprint density at radius 2 is 2.22 bits per heavy atom. The van der Waals surface area contributed by atoms with Crippen molar-refractivity contribution in [3.8, 4) is 0 Å². The summed E-state index contributed by atoms with van der Waals surface area (Å²) in [6.07, 6.45) is 3.18. The van der Waals surface area contributed by atoms with Crippen molar-refractivity contribution in [1.29, 1.82) is 0 Å². The first-order chi connectivity index (χ1) is 8.09. The van der Waals surface area contributed by atoms with E-state index in [0.717, 1.165) is 26.2 Å². The molecule has 0 spiro atoms. The lowest BCUT2D eigenvalue weighted by Gasteiger charge is -2.28. The van der Waals surface area contributed by atoms with Gasteiger partial charge in [0.05, 0.1) is 0 Å². The Kier molecular flexibility index (Phi) is 9.42. The molecule has 2 atom stereocenters. The molecule has 0 aromatic rings. The first kappa shape index (κ1) is 17.7. The highest BCUT2D eigenvalue weighted by molar-refractivity contribution is 5.85. The van der Waals surface area contributed by atoms with Gasteiger partial charge in [0.2, 0.25) is 5.91 Å². The lowest BCUT2D eigenvalue weighted by Crippen LogP contribution is -2.36. The first-order valence-electron chi connectivity index (χ1n) is 6.71. The summed E-state index contributed by atoms with van der Waals surface area (Å²) in [5.41, 5.74) is 0. The summed E-state index contributed by atoms with van der Waals surface area (Å²) in [5, 5.41) is 6.39. The molecule has 0 aromatic heterocycles. The van der Waals surface area contributed by atoms with E-state index in [9.17, 15) is 4.79 Å². The van der Waals surface area contributed by atoms with Gasteiger partial charge in [-0.3, -0.25) is 4.79 Å². The van der Waals surface area contributed by atoms with E-state index in [1.807, 2.05) is 14.1 Å². The zero-order valence-electron chi connectivity index (χ0n) is 11.9. The molecular formula is C13H28ClN3O. The van der Waals surface area contributed by atoms with Gasteiger partial charge < -0.3 is 15.5 Å². The average molecular weight is 278 g/mol. The van der Waals surface area contributed by atoms with E-state index < -0.39 is 0 Å². The van der Waals surface area contributed by atoms with Crippen LogP contribution in [-0.4, -0.2) is 51.1 Å². The van der Waals surface area contributed by atoms with E-state index in [0.29, 0.717) is 18.3 Å². The van der Waals surface area contributed by atoms with Gasteiger partial charge in [0.25, 0.3) is 0 Å². The minimum atomic E-state index is 0. The Hall–Kier alpha value is -0.320. The SMILES string of the molecule is CC(CC(=O)NCCN(C)C)C1CCCNC1.Cl. The Labute approximate surface area is 117 Å². The molecule has 0 radical (unpaired) electrons. The summed E-state index contributed by atoms with van der Waals surface area (Å²) < 4.78 is 0. The zero-order valence-corrected chi connectivity index (χ0v) is 12.7. The smallest absolute Gasteiger partial charge is 0.220 e. The Morgan fingerprint density at radius 1 is 1.50 bits per heavy atom. The molecule has 18 heavy (non-hydrogen) atoms. The van der Waals surface area contributed by atoms with E-state index in [2.05, 4.69) is 22.5 Å². The fourth-order valence-electron chi connectivity index (χ4n) is 2.31. The van der Waals surface area contributed by atoms with Crippen molar-refractivity contribution in [3.63, 3.8) is 0 Å². The molecule has 1 aliphatic heterocycles. The van der Waals surface area contributed by atoms with Crippen LogP contribution >= 0.6 is 12.4 Å². The molecule has 1 aliphatic rings. The van der Waals surface area contributed by atoms with E-state index >= 15 is 0 Å². The zero-order chi connectivity index (χ0) is 12.7. The summed E-state index contributed by atoms with van der Waals surface area (Å²) in [5.74, 6) is 1.36. The van der Waals surface area contributed by atoms with Crippen molar-refractivity contribution in [2.75, 3.05) is 40.3 Å². The predicted molar refractivity (Wildman–Crippen MR) is 78.2 cm³/mol. The van der Waals surface area contributed by atoms with Crippen LogP contribution in [0.4, 0.5) is 0 Å². The Morgan fingerprint density at radius 3 is 2.78 bits per heavy atom. The summed E-state index contributed by atoms with van der Waals surface area (Å²) >= 11 is 0. The van der Waals surface area contributed by atoms with Crippen LogP contribution in [0, 0.1) is 11.8 Å². The number of halogens is 1. The molecule has 1 heterocycles. The first-order valence-corrected chi connectivity index (χ1v) is 6.71. The van der Waals surface area contributed by atoms with Crippen LogP contribution in [0.5, 0.6) is 0 Å². The molecule has 5 heteroatoms. The fourth-order valence-corrected chi connectivity index (χ4v) is 2.31. The maximum absolute atomic E-state index is 11.7. The van der Waals surface area contributed by atoms with Gasteiger partial charge in [-0.05, 0) is 51.9 Å². The van der Waals surface area contributed by atoms with Gasteiger partial charge in [0.15, 0.2) is 0 Å². The van der Waals surface area contributed by atoms with Gasteiger partial charge in [0, 0.05) is 19.5 Å². The van der Waals surface area contributed by atoms with Crippen molar-refractivity contribution in [2.24, 2.45) is 11.8 Å². The van der Waals surface area contributed by atoms with Crippen LogP contribution in [0.1, 0.15) is 26.2 Å². The number of likely N-dealkylation sites (N-methyl/N-ethyl adjacent to an activating group) is 1. The predicted octanol–water partition coefficient (Wildman–Crippen LogP) is 1.11. The number of carbonyl (C=O) groups is 1. The van der Waals surface area contributed by atoms with Gasteiger partial charge in [-0.1, -0.05) is 6.92 Å². The van der Waals surface area contributed by atoms with Crippen LogP contribution in [0.25, 0.3) is 0 Å². The van der Waals surface area contributed by atoms with E-state index in [-0.39, 0.29) is 18.3 Å². The molecule has 1 fully saturated rings. The molecule has 0 aliphatic carbocycles. The second-order valence-electron chi connectivity index (χ2n) is 5.44. The topological polar surface area (TPSA) is 44.4 Å². The monoisotopic (exact) mass is 277 g/mol. The van der Waals surface area contributed by atoms with E-state index in [1.165, 1.54) is 12.8 Å². The normalized spacial score (nSPS) is 21.2. The third-order valence-corrected chi connectivity index (χ3v) is 3.53. The average Bonchev–Trinajstić information content (AvgIpc) is 2.29. The molecular weight excluding hydrogens is 250 g/mol. The molecule has 2 unspecified atom stereocenters. The summed E-state index contributed by atoms with van der Waals surface area (Å²) in [6.45, 7) is 6.07. The number of amides is 1. The number of hydrogen-bond donors (Lipinski definition) is 2. The van der Waals surface area contributed by atoms with Crippen molar-refractivity contribution in [3.05, 3.63) is 0 Å². The molecule has 0 saturated carbocycles. The van der Waals surface area contributed by atoms with Gasteiger partial charge in [-0.15, -0.1) is 12.4 Å². The highest BCUT2D eigenvalue weighted by Gasteiger charge is 2.21. The minimum Gasteiger partial charge on any atom is -0.355 e. The summed E-state index contributed by atoms with van der Waals surface area (Å²) in [4.78, 5) is 13.8. The van der Waals surface area contributed by atoms with Gasteiger partial charge in [-0.25, -0.2) is 0 Å². The third kappa shape index (κ3) is 7.19. The number of hydrogen-bond acceptors (Lipinski definition) is 3. The third-order valence-electron chi connectivity index (χ3n) is 3.53. The molecule has 0 aromatic carbocycles. The van der Waals surface area contributed by atoms with Gasteiger partial charge in [-0.2, -0.15) is 0 Å². The largest absolute Gasteiger partial charge is 0.355 e. The number of carbonyl (C=O) groups excluding carboxylic acids is 1. The van der Waals surface area contributed by atoms with Crippen molar-refractivity contribution < 1.29 is 4.79 Å². The number of rotatable bonds is 6. The molecule has 2 N–H and O–H groups in total. The summed E-state index contributed by atoms with van der Waals surface area (Å²) in [6, 6.07) is 0. The van der Waals surface area contributed by atoms with Crippen LogP contribution < -0.4 is 10.6 Å². The minimum absolute atomic E-state index is 0. The van der Waals surface area contributed by atoms with Crippen molar-refractivity contribution in [2.45, 2.75) is 26.2 Å². The van der Waals surface area contributed by atoms with Gasteiger partial charge in [0.1, 0.15) is 0 Å². The lowest BCUT2D eigenvalue weighted by molar-refractivity contribution is -0.122. The van der Waals surface area contributed by atoms with Gasteiger partial charge >= 0.3 is 0 Å². The van der Waals surface area contributed by atoms with Crippen LogP contribution in [0.15, 0.2) is 0 Å². The highest BCUT2D eigenvalue weighted by atomic mass is 35.5. The molecule has 108 valence electrons. The van der Waals surface area contributed by atoms with E-state index in [1.54, 1.807) is 0 Å². The van der Waals surface area contributed by atoms with Crippen LogP contribution in [0.3, 0.4) is 0 Å². The molecule has 4 nitrogen and oxygen atoms in total. The van der Waals surface area contributed by atoms with Crippen LogP contribution in [-0.2, 0) is 4.79 Å². The Bertz CT molecular complexity index is 230. The standard InChI is InChI=1S/C13H27N3O.ClH/c1-11(12-5-4-6-14-10-12)9-13(17)15-7-8-16(2)3;/h11-12,14H,4-10H2,1-3H3,(H,15,17);1H. The second-order valence-corrected chi connectivity index (χ2v) is 5.44. The summed E-state index contributed by atoms with van der Waals surface area (Å²) in [7, 11) is 4.03. The van der Waals surface area contributed by atoms with Crippen molar-refractivity contribution in [1.82, 2.24) is 15.5 Å². The quantitative estimate of drug-likeness (QED) is 0.765. The van der Waals surface area contributed by atoms with Crippen LogP contribution in [0.2, 0.25) is 0 Å². The molecule has 1 amide bonds. The van der Waals surface area contributed by atoms with Crippen molar-refractivity contribution >= 4 is 18.3 Å². The molecule has 1 saturated heterocycles. The number of nitrogens with one attached hydrogen (secondary N) is 2. The van der Waals surface area contributed by atoms with E-state index in [4.69, 9.17) is 0 Å². The Balaban J connectivity index is 0.00000289. The maximum Gasteiger partial charge on any atom is 0.220 e. The number of piperidine rings is 1. The number of nitrogens with zero attached hydrogens (tertiary/aromatic N) is 1. The fraction of sp³-hybridized carbons (Fsp3) is 0.923.